The van der Waals surface area contributed by atoms with Gasteiger partial charge in [0.15, 0.2) is 0 Å². The second kappa shape index (κ2) is 7.76. The van der Waals surface area contributed by atoms with Gasteiger partial charge in [-0.25, -0.2) is 4.79 Å². The molecule has 106 valence electrons. The van der Waals surface area contributed by atoms with E-state index < -0.39 is 0 Å². The van der Waals surface area contributed by atoms with E-state index in [0.717, 1.165) is 11.3 Å². The van der Waals surface area contributed by atoms with Crippen LogP contribution in [0.5, 0.6) is 0 Å². The van der Waals surface area contributed by atoms with Crippen LogP contribution in [0.1, 0.15) is 25.5 Å². The van der Waals surface area contributed by atoms with Gasteiger partial charge in [0.25, 0.3) is 0 Å². The molecule has 1 aromatic carbocycles. The summed E-state index contributed by atoms with van der Waals surface area (Å²) >= 11 is 0. The van der Waals surface area contributed by atoms with E-state index >= 15 is 0 Å². The van der Waals surface area contributed by atoms with Crippen LogP contribution >= 0.6 is 0 Å². The number of hydrogen-bond acceptors (Lipinski definition) is 3. The Morgan fingerprint density at radius 1 is 1.53 bits per heavy atom. The van der Waals surface area contributed by atoms with Gasteiger partial charge in [-0.3, -0.25) is 0 Å². The molecule has 1 aromatic rings. The summed E-state index contributed by atoms with van der Waals surface area (Å²) in [6.07, 6.45) is 0. The lowest BCUT2D eigenvalue weighted by Crippen LogP contribution is -2.34. The molecule has 0 bridgehead atoms. The maximum atomic E-state index is 11.9. The Hall–Kier alpha value is -1.59. The van der Waals surface area contributed by atoms with Gasteiger partial charge >= 0.3 is 6.03 Å². The van der Waals surface area contributed by atoms with Crippen molar-refractivity contribution in [3.05, 3.63) is 29.8 Å². The van der Waals surface area contributed by atoms with E-state index in [9.17, 15) is 4.79 Å². The van der Waals surface area contributed by atoms with E-state index in [2.05, 4.69) is 5.32 Å². The molecule has 5 nitrogen and oxygen atoms in total. The van der Waals surface area contributed by atoms with Gasteiger partial charge in [0.1, 0.15) is 0 Å². The van der Waals surface area contributed by atoms with Gasteiger partial charge in [-0.2, -0.15) is 0 Å². The average molecular weight is 265 g/mol. The van der Waals surface area contributed by atoms with E-state index in [1.807, 2.05) is 38.1 Å². The molecular formula is C14H23N3O2. The number of urea groups is 1. The number of amides is 2. The molecule has 1 atom stereocenters. The normalized spacial score (nSPS) is 12.0. The number of rotatable bonds is 6. The van der Waals surface area contributed by atoms with Gasteiger partial charge in [-0.1, -0.05) is 12.1 Å². The van der Waals surface area contributed by atoms with Crippen molar-refractivity contribution < 1.29 is 9.53 Å². The Bertz CT molecular complexity index is 407. The molecule has 0 fully saturated rings. The van der Waals surface area contributed by atoms with Crippen LogP contribution in [0.25, 0.3) is 0 Å². The zero-order chi connectivity index (χ0) is 14.3. The first-order valence-corrected chi connectivity index (χ1v) is 6.50. The summed E-state index contributed by atoms with van der Waals surface area (Å²) in [4.78, 5) is 13.5. The van der Waals surface area contributed by atoms with Crippen LogP contribution in [0.4, 0.5) is 10.5 Å². The van der Waals surface area contributed by atoms with Gasteiger partial charge in [0.2, 0.25) is 0 Å². The molecule has 0 radical (unpaired) electrons. The molecule has 1 unspecified atom stereocenters. The Balaban J connectivity index is 2.54. The third-order valence-corrected chi connectivity index (χ3v) is 2.79. The zero-order valence-corrected chi connectivity index (χ0v) is 11.8. The SMILES string of the molecule is CCOCCN(C)C(=O)Nc1cccc(C(C)N)c1. The third-order valence-electron chi connectivity index (χ3n) is 2.79. The fourth-order valence-electron chi connectivity index (χ4n) is 1.57. The maximum absolute atomic E-state index is 11.9. The molecular weight excluding hydrogens is 242 g/mol. The van der Waals surface area contributed by atoms with E-state index in [-0.39, 0.29) is 12.1 Å². The summed E-state index contributed by atoms with van der Waals surface area (Å²) in [5.74, 6) is 0. The van der Waals surface area contributed by atoms with Crippen LogP contribution in [0, 0.1) is 0 Å². The second-order valence-electron chi connectivity index (χ2n) is 4.46. The van der Waals surface area contributed by atoms with Crippen molar-refractivity contribution in [2.75, 3.05) is 32.1 Å². The number of hydrogen-bond donors (Lipinski definition) is 2. The average Bonchev–Trinajstić information content (AvgIpc) is 2.39. The van der Waals surface area contributed by atoms with Crippen LogP contribution < -0.4 is 11.1 Å². The Kier molecular flexibility index (Phi) is 6.32. The first-order chi connectivity index (χ1) is 9.04. The van der Waals surface area contributed by atoms with Gasteiger partial charge in [0, 0.05) is 31.9 Å². The number of carbonyl (C=O) groups excluding carboxylic acids is 1. The summed E-state index contributed by atoms with van der Waals surface area (Å²) in [7, 11) is 1.74. The largest absolute Gasteiger partial charge is 0.380 e. The minimum absolute atomic E-state index is 0.0486. The summed E-state index contributed by atoms with van der Waals surface area (Å²) in [5, 5.41) is 2.84. The van der Waals surface area contributed by atoms with Crippen molar-refractivity contribution in [1.29, 1.82) is 0 Å². The number of ether oxygens (including phenoxy) is 1. The van der Waals surface area contributed by atoms with Crippen LogP contribution in [-0.2, 0) is 4.74 Å². The van der Waals surface area contributed by atoms with E-state index in [4.69, 9.17) is 10.5 Å². The van der Waals surface area contributed by atoms with Crippen molar-refractivity contribution in [3.63, 3.8) is 0 Å². The van der Waals surface area contributed by atoms with Gasteiger partial charge < -0.3 is 20.7 Å². The van der Waals surface area contributed by atoms with E-state index in [0.29, 0.717) is 19.8 Å². The Morgan fingerprint density at radius 3 is 2.89 bits per heavy atom. The lowest BCUT2D eigenvalue weighted by Gasteiger charge is -2.18. The number of nitrogens with one attached hydrogen (secondary N) is 1. The van der Waals surface area contributed by atoms with E-state index in [1.54, 1.807) is 11.9 Å². The van der Waals surface area contributed by atoms with Crippen LogP contribution in [0.15, 0.2) is 24.3 Å². The maximum Gasteiger partial charge on any atom is 0.321 e. The molecule has 19 heavy (non-hydrogen) atoms. The molecule has 5 heteroatoms. The van der Waals surface area contributed by atoms with Gasteiger partial charge in [-0.05, 0) is 31.5 Å². The van der Waals surface area contributed by atoms with Crippen molar-refractivity contribution >= 4 is 11.7 Å². The highest BCUT2D eigenvalue weighted by atomic mass is 16.5. The predicted molar refractivity (Wildman–Crippen MR) is 77.2 cm³/mol. The zero-order valence-electron chi connectivity index (χ0n) is 11.8. The first-order valence-electron chi connectivity index (χ1n) is 6.50. The summed E-state index contributed by atoms with van der Waals surface area (Å²) < 4.78 is 5.22. The molecule has 0 saturated heterocycles. The quantitative estimate of drug-likeness (QED) is 0.775. The summed E-state index contributed by atoms with van der Waals surface area (Å²) in [5.41, 5.74) is 7.56. The smallest absolute Gasteiger partial charge is 0.321 e. The van der Waals surface area contributed by atoms with Gasteiger partial charge in [-0.15, -0.1) is 0 Å². The molecule has 0 saturated carbocycles. The lowest BCUT2D eigenvalue weighted by molar-refractivity contribution is 0.128. The number of carbonyl (C=O) groups is 1. The highest BCUT2D eigenvalue weighted by Crippen LogP contribution is 2.15. The molecule has 0 aliphatic heterocycles. The highest BCUT2D eigenvalue weighted by Gasteiger charge is 2.09. The van der Waals surface area contributed by atoms with Crippen LogP contribution in [0.2, 0.25) is 0 Å². The monoisotopic (exact) mass is 265 g/mol. The fraction of sp³-hybridized carbons (Fsp3) is 0.500. The van der Waals surface area contributed by atoms with Gasteiger partial charge in [0.05, 0.1) is 6.61 Å². The number of nitrogens with two attached hydrogens (primary N) is 1. The number of anilines is 1. The van der Waals surface area contributed by atoms with Crippen molar-refractivity contribution in [2.24, 2.45) is 5.73 Å². The minimum Gasteiger partial charge on any atom is -0.380 e. The molecule has 3 N–H and O–H groups in total. The van der Waals surface area contributed by atoms with Crippen molar-refractivity contribution in [1.82, 2.24) is 4.90 Å². The highest BCUT2D eigenvalue weighted by molar-refractivity contribution is 5.89. The van der Waals surface area contributed by atoms with E-state index in [1.165, 1.54) is 0 Å². The number of nitrogens with zero attached hydrogens (tertiary/aromatic N) is 1. The number of likely N-dealkylation sites (N-methyl/N-ethyl adjacent to an activating group) is 1. The molecule has 0 aromatic heterocycles. The molecule has 1 rings (SSSR count). The topological polar surface area (TPSA) is 67.6 Å². The third kappa shape index (κ3) is 5.28. The second-order valence-corrected chi connectivity index (χ2v) is 4.46. The molecule has 0 aliphatic carbocycles. The molecule has 0 heterocycles. The predicted octanol–water partition coefficient (Wildman–Crippen LogP) is 2.21. The summed E-state index contributed by atoms with van der Waals surface area (Å²) in [6, 6.07) is 7.36. The van der Waals surface area contributed by atoms with Crippen molar-refractivity contribution in [3.8, 4) is 0 Å². The number of benzene rings is 1. The fourth-order valence-corrected chi connectivity index (χ4v) is 1.57. The van der Waals surface area contributed by atoms with Crippen LogP contribution in [0.3, 0.4) is 0 Å². The first kappa shape index (κ1) is 15.5. The molecule has 0 aliphatic rings. The van der Waals surface area contributed by atoms with Crippen LogP contribution in [-0.4, -0.2) is 37.7 Å². The lowest BCUT2D eigenvalue weighted by atomic mass is 10.1. The standard InChI is InChI=1S/C14H23N3O2/c1-4-19-9-8-17(3)14(18)16-13-7-5-6-12(10-13)11(2)15/h5-7,10-11H,4,8-9,15H2,1-3H3,(H,16,18). The minimum atomic E-state index is -0.151. The molecule has 2 amide bonds. The van der Waals surface area contributed by atoms with Crippen molar-refractivity contribution in [2.45, 2.75) is 19.9 Å². The Labute approximate surface area is 114 Å². The summed E-state index contributed by atoms with van der Waals surface area (Å²) in [6.45, 7) is 5.60. The Morgan fingerprint density at radius 2 is 2.26 bits per heavy atom. The molecule has 0 spiro atoms.